The zero-order chi connectivity index (χ0) is 17.8. The molecule has 1 heterocycles. The smallest absolute Gasteiger partial charge is 0.333 e. The minimum atomic E-state index is -0.593. The Bertz CT molecular complexity index is 868. The molecule has 130 valence electrons. The highest BCUT2D eigenvalue weighted by Gasteiger charge is 2.27. The maximum Gasteiger partial charge on any atom is 0.333 e. The zero-order valence-corrected chi connectivity index (χ0v) is 14.6. The molecular formula is C20H22N2O3. The summed E-state index contributed by atoms with van der Waals surface area (Å²) in [5, 5.41) is 4.31. The van der Waals surface area contributed by atoms with Crippen molar-refractivity contribution in [3.8, 4) is 5.75 Å². The van der Waals surface area contributed by atoms with Crippen LogP contribution in [0.5, 0.6) is 5.75 Å². The van der Waals surface area contributed by atoms with Gasteiger partial charge in [-0.15, -0.1) is 0 Å². The van der Waals surface area contributed by atoms with E-state index in [1.165, 1.54) is 0 Å². The highest BCUT2D eigenvalue weighted by Crippen LogP contribution is 2.31. The molecule has 3 aromatic rings. The second-order valence-electron chi connectivity index (χ2n) is 5.77. The highest BCUT2D eigenvalue weighted by molar-refractivity contribution is 5.92. The molecule has 0 aliphatic carbocycles. The Balaban J connectivity index is 2.01. The lowest BCUT2D eigenvalue weighted by atomic mass is 10.0. The molecule has 5 heteroatoms. The number of para-hydroxylation sites is 1. The Morgan fingerprint density at radius 1 is 1.16 bits per heavy atom. The summed E-state index contributed by atoms with van der Waals surface area (Å²) in [6.07, 6.45) is 0. The number of carbonyl (C=O) groups is 1. The summed E-state index contributed by atoms with van der Waals surface area (Å²) >= 11 is 0. The monoisotopic (exact) mass is 338 g/mol. The summed E-state index contributed by atoms with van der Waals surface area (Å²) in [7, 11) is 1.62. The zero-order valence-electron chi connectivity index (χ0n) is 14.6. The number of ether oxygens (including phenoxy) is 2. The molecule has 0 fully saturated rings. The lowest BCUT2D eigenvalue weighted by molar-refractivity contribution is -0.144. The first-order valence-electron chi connectivity index (χ1n) is 8.28. The van der Waals surface area contributed by atoms with E-state index < -0.39 is 6.04 Å². The van der Waals surface area contributed by atoms with Gasteiger partial charge in [0.05, 0.1) is 13.7 Å². The van der Waals surface area contributed by atoms with E-state index in [9.17, 15) is 4.79 Å². The first-order chi connectivity index (χ1) is 12.1. The fourth-order valence-corrected chi connectivity index (χ4v) is 3.00. The Morgan fingerprint density at radius 3 is 2.56 bits per heavy atom. The van der Waals surface area contributed by atoms with Crippen molar-refractivity contribution in [1.82, 2.24) is 4.98 Å². The number of aromatic amines is 1. The van der Waals surface area contributed by atoms with Crippen molar-refractivity contribution >= 4 is 22.6 Å². The molecule has 0 saturated carbocycles. The summed E-state index contributed by atoms with van der Waals surface area (Å²) in [4.78, 5) is 16.0. The number of aryl methyl sites for hydroxylation is 1. The predicted octanol–water partition coefficient (Wildman–Crippen LogP) is 4.20. The number of benzene rings is 2. The normalized spacial score (nSPS) is 12.0. The average molecular weight is 338 g/mol. The Kier molecular flexibility index (Phi) is 4.93. The van der Waals surface area contributed by atoms with E-state index in [0.717, 1.165) is 33.6 Å². The SMILES string of the molecule is CCOC(=O)C(Nc1ccc(OC)cc1)c1c(C)[nH]c2ccccc12. The van der Waals surface area contributed by atoms with Gasteiger partial charge in [0.15, 0.2) is 6.04 Å². The molecule has 2 N–H and O–H groups in total. The summed E-state index contributed by atoms with van der Waals surface area (Å²) in [5.41, 5.74) is 3.68. The molecule has 0 amide bonds. The number of rotatable bonds is 6. The van der Waals surface area contributed by atoms with Gasteiger partial charge in [0, 0.05) is 27.8 Å². The molecule has 5 nitrogen and oxygen atoms in total. The van der Waals surface area contributed by atoms with Gasteiger partial charge in [0.25, 0.3) is 0 Å². The van der Waals surface area contributed by atoms with Crippen molar-refractivity contribution in [2.45, 2.75) is 19.9 Å². The Morgan fingerprint density at radius 2 is 1.88 bits per heavy atom. The number of nitrogens with one attached hydrogen (secondary N) is 2. The maximum absolute atomic E-state index is 12.6. The van der Waals surface area contributed by atoms with Crippen LogP contribution in [0.3, 0.4) is 0 Å². The molecule has 3 rings (SSSR count). The van der Waals surface area contributed by atoms with Gasteiger partial charge in [-0.3, -0.25) is 0 Å². The number of esters is 1. The number of aromatic nitrogens is 1. The first kappa shape index (κ1) is 16.9. The highest BCUT2D eigenvalue weighted by atomic mass is 16.5. The van der Waals surface area contributed by atoms with Gasteiger partial charge in [0.2, 0.25) is 0 Å². The van der Waals surface area contributed by atoms with Gasteiger partial charge in [-0.1, -0.05) is 18.2 Å². The van der Waals surface area contributed by atoms with Gasteiger partial charge in [-0.05, 0) is 44.2 Å². The van der Waals surface area contributed by atoms with Gasteiger partial charge in [-0.25, -0.2) is 4.79 Å². The summed E-state index contributed by atoms with van der Waals surface area (Å²) in [6.45, 7) is 4.11. The van der Waals surface area contributed by atoms with E-state index >= 15 is 0 Å². The molecule has 25 heavy (non-hydrogen) atoms. The Labute approximate surface area is 147 Å². The molecule has 0 spiro atoms. The quantitative estimate of drug-likeness (QED) is 0.661. The summed E-state index contributed by atoms with van der Waals surface area (Å²) in [5.74, 6) is 0.465. The molecule has 0 radical (unpaired) electrons. The number of fused-ring (bicyclic) bond motifs is 1. The second kappa shape index (κ2) is 7.30. The largest absolute Gasteiger partial charge is 0.497 e. The maximum atomic E-state index is 12.6. The van der Waals surface area contributed by atoms with Gasteiger partial charge < -0.3 is 19.8 Å². The molecular weight excluding hydrogens is 316 g/mol. The van der Waals surface area contributed by atoms with Crippen LogP contribution in [0, 0.1) is 6.92 Å². The van der Waals surface area contributed by atoms with Crippen molar-refractivity contribution in [2.24, 2.45) is 0 Å². The van der Waals surface area contributed by atoms with Crippen LogP contribution in [0.2, 0.25) is 0 Å². The number of carbonyl (C=O) groups excluding carboxylic acids is 1. The third-order valence-corrected chi connectivity index (χ3v) is 4.16. The van der Waals surface area contributed by atoms with Crippen LogP contribution in [0.4, 0.5) is 5.69 Å². The molecule has 1 unspecified atom stereocenters. The molecule has 0 saturated heterocycles. The van der Waals surface area contributed by atoms with Crippen LogP contribution in [-0.2, 0) is 9.53 Å². The summed E-state index contributed by atoms with van der Waals surface area (Å²) in [6, 6.07) is 14.8. The Hall–Kier alpha value is -2.95. The molecule has 1 aromatic heterocycles. The van der Waals surface area contributed by atoms with Crippen LogP contribution >= 0.6 is 0 Å². The number of methoxy groups -OCH3 is 1. The lowest BCUT2D eigenvalue weighted by Gasteiger charge is -2.19. The van der Waals surface area contributed by atoms with Crippen LogP contribution in [0.25, 0.3) is 10.9 Å². The van der Waals surface area contributed by atoms with E-state index in [4.69, 9.17) is 9.47 Å². The fraction of sp³-hybridized carbons (Fsp3) is 0.250. The third-order valence-electron chi connectivity index (χ3n) is 4.16. The van der Waals surface area contributed by atoms with Gasteiger partial charge in [0.1, 0.15) is 5.75 Å². The van der Waals surface area contributed by atoms with E-state index in [-0.39, 0.29) is 5.97 Å². The van der Waals surface area contributed by atoms with Crippen molar-refractivity contribution < 1.29 is 14.3 Å². The number of hydrogen-bond acceptors (Lipinski definition) is 4. The topological polar surface area (TPSA) is 63.4 Å². The van der Waals surface area contributed by atoms with Crippen LogP contribution in [0.1, 0.15) is 24.2 Å². The molecule has 0 aliphatic rings. The number of H-pyrrole nitrogens is 1. The van der Waals surface area contributed by atoms with E-state index in [0.29, 0.717) is 6.61 Å². The first-order valence-corrected chi connectivity index (χ1v) is 8.28. The van der Waals surface area contributed by atoms with Crippen LogP contribution < -0.4 is 10.1 Å². The van der Waals surface area contributed by atoms with Crippen molar-refractivity contribution in [1.29, 1.82) is 0 Å². The van der Waals surface area contributed by atoms with E-state index in [2.05, 4.69) is 10.3 Å². The third kappa shape index (κ3) is 3.45. The van der Waals surface area contributed by atoms with Crippen molar-refractivity contribution in [2.75, 3.05) is 19.0 Å². The van der Waals surface area contributed by atoms with Crippen LogP contribution in [0.15, 0.2) is 48.5 Å². The molecule has 1 atom stereocenters. The van der Waals surface area contributed by atoms with Crippen LogP contribution in [-0.4, -0.2) is 24.7 Å². The van der Waals surface area contributed by atoms with E-state index in [1.54, 1.807) is 7.11 Å². The molecule has 0 bridgehead atoms. The second-order valence-corrected chi connectivity index (χ2v) is 5.77. The van der Waals surface area contributed by atoms with E-state index in [1.807, 2.05) is 62.4 Å². The number of anilines is 1. The standard InChI is InChI=1S/C20H22N2O3/c1-4-25-20(23)19(22-14-9-11-15(24-3)12-10-14)18-13(2)21-17-8-6-5-7-16(17)18/h5-12,19,21-22H,4H2,1-3H3. The molecule has 0 aliphatic heterocycles. The predicted molar refractivity (Wildman–Crippen MR) is 99.0 cm³/mol. The molecule has 2 aromatic carbocycles. The van der Waals surface area contributed by atoms with Crippen molar-refractivity contribution in [3.63, 3.8) is 0 Å². The minimum absolute atomic E-state index is 0.300. The number of hydrogen-bond donors (Lipinski definition) is 2. The lowest BCUT2D eigenvalue weighted by Crippen LogP contribution is -2.24. The van der Waals surface area contributed by atoms with Crippen molar-refractivity contribution in [3.05, 3.63) is 59.8 Å². The fourth-order valence-electron chi connectivity index (χ4n) is 3.00. The minimum Gasteiger partial charge on any atom is -0.497 e. The average Bonchev–Trinajstić information content (AvgIpc) is 2.96. The van der Waals surface area contributed by atoms with Gasteiger partial charge >= 0.3 is 5.97 Å². The van der Waals surface area contributed by atoms with Gasteiger partial charge in [-0.2, -0.15) is 0 Å². The summed E-state index contributed by atoms with van der Waals surface area (Å²) < 4.78 is 10.5.